The van der Waals surface area contributed by atoms with Gasteiger partial charge in [0.2, 0.25) is 0 Å². The number of aromatic nitrogens is 1. The third-order valence-electron chi connectivity index (χ3n) is 4.77. The van der Waals surface area contributed by atoms with Gasteiger partial charge in [-0.15, -0.1) is 0 Å². The van der Waals surface area contributed by atoms with E-state index >= 15 is 0 Å². The molecule has 1 aromatic heterocycles. The highest BCUT2D eigenvalue weighted by Crippen LogP contribution is 2.13. The van der Waals surface area contributed by atoms with Crippen molar-refractivity contribution in [2.24, 2.45) is 10.7 Å². The van der Waals surface area contributed by atoms with Crippen LogP contribution in [0.3, 0.4) is 0 Å². The van der Waals surface area contributed by atoms with Gasteiger partial charge in [0.25, 0.3) is 5.91 Å². The van der Waals surface area contributed by atoms with Crippen molar-refractivity contribution in [2.45, 2.75) is 6.42 Å². The summed E-state index contributed by atoms with van der Waals surface area (Å²) in [5.74, 6) is 2.11. The Balaban J connectivity index is 1.42. The highest BCUT2D eigenvalue weighted by atomic mass is 16.5. The molecule has 0 spiro atoms. The molecular weight excluding hydrogens is 368 g/mol. The van der Waals surface area contributed by atoms with E-state index in [4.69, 9.17) is 10.5 Å². The lowest BCUT2D eigenvalue weighted by Gasteiger charge is -2.37. The van der Waals surface area contributed by atoms with E-state index in [1.165, 1.54) is 5.56 Å². The highest BCUT2D eigenvalue weighted by molar-refractivity contribution is 5.80. The number of carbonyl (C=O) groups excluding carboxylic acids is 1. The van der Waals surface area contributed by atoms with E-state index in [2.05, 4.69) is 25.1 Å². The SMILES string of the molecule is CN=C(NCCc1ccc(OCC(N)=O)cc1)N1CCN(c2ccccn2)CC1. The van der Waals surface area contributed by atoms with Gasteiger partial charge in [0.15, 0.2) is 12.6 Å². The predicted octanol–water partition coefficient (Wildman–Crippen LogP) is 0.886. The van der Waals surface area contributed by atoms with Gasteiger partial charge in [-0.1, -0.05) is 18.2 Å². The smallest absolute Gasteiger partial charge is 0.255 e. The summed E-state index contributed by atoms with van der Waals surface area (Å²) in [6, 6.07) is 13.7. The second-order valence-corrected chi connectivity index (χ2v) is 6.78. The number of carbonyl (C=O) groups is 1. The third kappa shape index (κ3) is 6.10. The zero-order valence-electron chi connectivity index (χ0n) is 16.8. The first-order chi connectivity index (χ1) is 14.2. The number of nitrogens with zero attached hydrogens (tertiary/aromatic N) is 4. The van der Waals surface area contributed by atoms with Gasteiger partial charge >= 0.3 is 0 Å². The molecule has 1 fully saturated rings. The molecule has 2 aromatic rings. The van der Waals surface area contributed by atoms with Gasteiger partial charge in [-0.05, 0) is 36.2 Å². The Morgan fingerprint density at radius 3 is 2.55 bits per heavy atom. The highest BCUT2D eigenvalue weighted by Gasteiger charge is 2.20. The average molecular weight is 396 g/mol. The van der Waals surface area contributed by atoms with Gasteiger partial charge in [0.1, 0.15) is 11.6 Å². The number of guanidine groups is 1. The van der Waals surface area contributed by atoms with Crippen molar-refractivity contribution < 1.29 is 9.53 Å². The Morgan fingerprint density at radius 2 is 1.93 bits per heavy atom. The van der Waals surface area contributed by atoms with Crippen LogP contribution in [0.2, 0.25) is 0 Å². The molecule has 0 aliphatic carbocycles. The largest absolute Gasteiger partial charge is 0.484 e. The van der Waals surface area contributed by atoms with Crippen molar-refractivity contribution in [2.75, 3.05) is 51.3 Å². The quantitative estimate of drug-likeness (QED) is 0.533. The molecule has 1 aliphatic heterocycles. The van der Waals surface area contributed by atoms with Gasteiger partial charge in [-0.2, -0.15) is 0 Å². The lowest BCUT2D eigenvalue weighted by Crippen LogP contribution is -2.53. The maximum atomic E-state index is 10.8. The first-order valence-corrected chi connectivity index (χ1v) is 9.77. The first kappa shape index (κ1) is 20.4. The standard InChI is InChI=1S/C21H28N6O2/c1-23-21(27-14-12-26(13-15-27)20-4-2-3-10-24-20)25-11-9-17-5-7-18(8-6-17)29-16-19(22)28/h2-8,10H,9,11-16H2,1H3,(H2,22,28)(H,23,25). The van der Waals surface area contributed by atoms with Crippen LogP contribution in [0.25, 0.3) is 0 Å². The van der Waals surface area contributed by atoms with Crippen LogP contribution in [0.4, 0.5) is 5.82 Å². The molecule has 3 N–H and O–H groups in total. The van der Waals surface area contributed by atoms with E-state index in [9.17, 15) is 4.79 Å². The summed E-state index contributed by atoms with van der Waals surface area (Å²) in [4.78, 5) is 24.2. The lowest BCUT2D eigenvalue weighted by atomic mass is 10.1. The topological polar surface area (TPSA) is 96.1 Å². The number of hydrogen-bond donors (Lipinski definition) is 2. The molecule has 3 rings (SSSR count). The van der Waals surface area contributed by atoms with Crippen molar-refractivity contribution in [1.29, 1.82) is 0 Å². The van der Waals surface area contributed by atoms with E-state index < -0.39 is 5.91 Å². The number of amides is 1. The number of benzene rings is 1. The molecule has 1 saturated heterocycles. The number of nitrogens with one attached hydrogen (secondary N) is 1. The van der Waals surface area contributed by atoms with Gasteiger partial charge in [-0.3, -0.25) is 9.79 Å². The normalized spacial score (nSPS) is 14.6. The molecule has 0 unspecified atom stereocenters. The summed E-state index contributed by atoms with van der Waals surface area (Å²) in [6.45, 7) is 4.33. The van der Waals surface area contributed by atoms with Crippen LogP contribution in [0.15, 0.2) is 53.7 Å². The Hall–Kier alpha value is -3.29. The fourth-order valence-corrected chi connectivity index (χ4v) is 3.25. The number of rotatable bonds is 7. The average Bonchev–Trinajstić information content (AvgIpc) is 2.77. The lowest BCUT2D eigenvalue weighted by molar-refractivity contribution is -0.119. The number of anilines is 1. The fourth-order valence-electron chi connectivity index (χ4n) is 3.25. The zero-order valence-corrected chi connectivity index (χ0v) is 16.8. The van der Waals surface area contributed by atoms with E-state index in [0.717, 1.165) is 50.9 Å². The van der Waals surface area contributed by atoms with Gasteiger partial charge in [0, 0.05) is 46.0 Å². The Kier molecular flexibility index (Phi) is 7.27. The first-order valence-electron chi connectivity index (χ1n) is 9.77. The monoisotopic (exact) mass is 396 g/mol. The second kappa shape index (κ2) is 10.3. The summed E-state index contributed by atoms with van der Waals surface area (Å²) in [5, 5.41) is 3.45. The molecule has 1 aliphatic rings. The summed E-state index contributed by atoms with van der Waals surface area (Å²) in [7, 11) is 1.82. The molecule has 2 heterocycles. The zero-order chi connectivity index (χ0) is 20.5. The molecule has 0 atom stereocenters. The summed E-state index contributed by atoms with van der Waals surface area (Å²) in [5.41, 5.74) is 6.26. The van der Waals surface area contributed by atoms with Crippen molar-refractivity contribution in [3.05, 3.63) is 54.2 Å². The van der Waals surface area contributed by atoms with Crippen molar-refractivity contribution in [3.8, 4) is 5.75 Å². The number of piperazine rings is 1. The van der Waals surface area contributed by atoms with Crippen molar-refractivity contribution in [1.82, 2.24) is 15.2 Å². The molecule has 0 saturated carbocycles. The summed E-state index contributed by atoms with van der Waals surface area (Å²) in [6.07, 6.45) is 2.70. The van der Waals surface area contributed by atoms with E-state index in [1.54, 1.807) is 0 Å². The van der Waals surface area contributed by atoms with E-state index in [1.807, 2.05) is 55.7 Å². The Morgan fingerprint density at radius 1 is 1.17 bits per heavy atom. The van der Waals surface area contributed by atoms with Crippen LogP contribution in [0.1, 0.15) is 5.56 Å². The number of ether oxygens (including phenoxy) is 1. The molecule has 8 nitrogen and oxygen atoms in total. The second-order valence-electron chi connectivity index (χ2n) is 6.78. The fraction of sp³-hybridized carbons (Fsp3) is 0.381. The van der Waals surface area contributed by atoms with Crippen LogP contribution >= 0.6 is 0 Å². The minimum Gasteiger partial charge on any atom is -0.484 e. The number of hydrogen-bond acceptors (Lipinski definition) is 5. The number of primary amides is 1. The Labute approximate surface area is 171 Å². The number of nitrogens with two attached hydrogens (primary N) is 1. The van der Waals surface area contributed by atoms with Crippen LogP contribution in [0, 0.1) is 0 Å². The van der Waals surface area contributed by atoms with E-state index in [0.29, 0.717) is 5.75 Å². The maximum Gasteiger partial charge on any atom is 0.255 e. The minimum absolute atomic E-state index is 0.106. The molecule has 154 valence electrons. The van der Waals surface area contributed by atoms with Gasteiger partial charge in [0.05, 0.1) is 0 Å². The summed E-state index contributed by atoms with van der Waals surface area (Å²) >= 11 is 0. The van der Waals surface area contributed by atoms with E-state index in [-0.39, 0.29) is 6.61 Å². The van der Waals surface area contributed by atoms with Crippen molar-refractivity contribution in [3.63, 3.8) is 0 Å². The maximum absolute atomic E-state index is 10.8. The third-order valence-corrected chi connectivity index (χ3v) is 4.77. The molecule has 1 amide bonds. The van der Waals surface area contributed by atoms with Crippen LogP contribution < -0.4 is 20.7 Å². The number of aliphatic imine (C=N–C) groups is 1. The molecule has 1 aromatic carbocycles. The number of pyridine rings is 1. The molecular formula is C21H28N6O2. The van der Waals surface area contributed by atoms with Gasteiger partial charge in [-0.25, -0.2) is 4.98 Å². The molecule has 0 bridgehead atoms. The Bertz CT molecular complexity index is 802. The summed E-state index contributed by atoms with van der Waals surface area (Å²) < 4.78 is 5.28. The van der Waals surface area contributed by atoms with Gasteiger partial charge < -0.3 is 25.6 Å². The molecule has 8 heteroatoms. The van der Waals surface area contributed by atoms with Crippen LogP contribution in [0.5, 0.6) is 5.75 Å². The molecule has 0 radical (unpaired) electrons. The van der Waals surface area contributed by atoms with Crippen molar-refractivity contribution >= 4 is 17.7 Å². The minimum atomic E-state index is -0.481. The van der Waals surface area contributed by atoms with Crippen LogP contribution in [-0.4, -0.2) is 68.1 Å². The van der Waals surface area contributed by atoms with Crippen LogP contribution in [-0.2, 0) is 11.2 Å². The molecule has 29 heavy (non-hydrogen) atoms. The predicted molar refractivity (Wildman–Crippen MR) is 114 cm³/mol.